The summed E-state index contributed by atoms with van der Waals surface area (Å²) >= 11 is 0. The lowest BCUT2D eigenvalue weighted by Crippen LogP contribution is -2.04. The average Bonchev–Trinajstić information content (AvgIpc) is 2.38. The van der Waals surface area contributed by atoms with Crippen molar-refractivity contribution >= 4 is 0 Å². The van der Waals surface area contributed by atoms with Crippen molar-refractivity contribution in [2.45, 2.75) is 46.5 Å². The van der Waals surface area contributed by atoms with Gasteiger partial charge in [-0.1, -0.05) is 33.6 Å². The number of hydrogen-bond acceptors (Lipinski definition) is 0. The van der Waals surface area contributed by atoms with Crippen LogP contribution in [0.25, 0.3) is 0 Å². The largest absolute Gasteiger partial charge is 0.0602 e. The Labute approximate surface area is 58.7 Å². The van der Waals surface area contributed by atoms with Gasteiger partial charge in [-0.2, -0.15) is 0 Å². The summed E-state index contributed by atoms with van der Waals surface area (Å²) < 4.78 is 0. The van der Waals surface area contributed by atoms with Crippen molar-refractivity contribution in [3.63, 3.8) is 0 Å². The normalized spacial score (nSPS) is 20.3. The van der Waals surface area contributed by atoms with E-state index < -0.39 is 0 Å². The Morgan fingerprint density at radius 2 is 1.78 bits per heavy atom. The molecular weight excluding hydrogens is 108 g/mol. The van der Waals surface area contributed by atoms with Crippen LogP contribution in [0.3, 0.4) is 0 Å². The van der Waals surface area contributed by atoms with E-state index in [0.29, 0.717) is 5.41 Å². The molecule has 1 rings (SSSR count). The lowest BCUT2D eigenvalue weighted by molar-refractivity contribution is 0.355. The molecule has 0 spiro atoms. The fraction of sp³-hybridized carbons (Fsp3) is 1.00. The fourth-order valence-corrected chi connectivity index (χ4v) is 1.04. The molecule has 0 amide bonds. The molecule has 0 heteroatoms. The van der Waals surface area contributed by atoms with Crippen molar-refractivity contribution in [2.24, 2.45) is 11.3 Å². The summed E-state index contributed by atoms with van der Waals surface area (Å²) in [4.78, 5) is 0. The van der Waals surface area contributed by atoms with Crippen LogP contribution in [-0.2, 0) is 0 Å². The molecule has 0 bridgehead atoms. The Balaban J connectivity index is 2.03. The van der Waals surface area contributed by atoms with Crippen LogP contribution in [0.2, 0.25) is 0 Å². The van der Waals surface area contributed by atoms with Gasteiger partial charge >= 0.3 is 0 Å². The standard InChI is InChI=1S/C9H18/c1-9(2,3)7-6-8-4-5-8/h8H,4-7H2,1-3H3. The maximum Gasteiger partial charge on any atom is -0.0383 e. The maximum atomic E-state index is 2.33. The van der Waals surface area contributed by atoms with E-state index in [0.717, 1.165) is 5.92 Å². The zero-order valence-corrected chi connectivity index (χ0v) is 6.91. The molecule has 54 valence electrons. The van der Waals surface area contributed by atoms with Gasteiger partial charge in [-0.3, -0.25) is 0 Å². The topological polar surface area (TPSA) is 0 Å². The van der Waals surface area contributed by atoms with Crippen molar-refractivity contribution < 1.29 is 0 Å². The Morgan fingerprint density at radius 1 is 1.22 bits per heavy atom. The second kappa shape index (κ2) is 2.32. The third kappa shape index (κ3) is 3.56. The minimum atomic E-state index is 0.572. The van der Waals surface area contributed by atoms with Gasteiger partial charge in [0, 0.05) is 0 Å². The highest BCUT2D eigenvalue weighted by atomic mass is 14.3. The predicted molar refractivity (Wildman–Crippen MR) is 41.4 cm³/mol. The molecule has 1 aliphatic carbocycles. The van der Waals surface area contributed by atoms with Gasteiger partial charge in [0.1, 0.15) is 0 Å². The van der Waals surface area contributed by atoms with Gasteiger partial charge in [0.15, 0.2) is 0 Å². The summed E-state index contributed by atoms with van der Waals surface area (Å²) in [7, 11) is 0. The first-order valence-corrected chi connectivity index (χ1v) is 4.08. The molecule has 0 unspecified atom stereocenters. The van der Waals surface area contributed by atoms with E-state index in [1.54, 1.807) is 0 Å². The van der Waals surface area contributed by atoms with Gasteiger partial charge in [0.2, 0.25) is 0 Å². The van der Waals surface area contributed by atoms with Crippen LogP contribution in [-0.4, -0.2) is 0 Å². The van der Waals surface area contributed by atoms with Gasteiger partial charge in [-0.25, -0.2) is 0 Å². The summed E-state index contributed by atoms with van der Waals surface area (Å²) in [5.74, 6) is 1.12. The van der Waals surface area contributed by atoms with E-state index in [4.69, 9.17) is 0 Å². The molecule has 0 heterocycles. The Kier molecular flexibility index (Phi) is 1.83. The van der Waals surface area contributed by atoms with Crippen LogP contribution >= 0.6 is 0 Å². The predicted octanol–water partition coefficient (Wildman–Crippen LogP) is 3.22. The van der Waals surface area contributed by atoms with E-state index in [9.17, 15) is 0 Å². The van der Waals surface area contributed by atoms with Gasteiger partial charge in [0.25, 0.3) is 0 Å². The molecule has 0 N–H and O–H groups in total. The summed E-state index contributed by atoms with van der Waals surface area (Å²) in [6.07, 6.45) is 5.91. The van der Waals surface area contributed by atoms with Crippen LogP contribution in [0.4, 0.5) is 0 Å². The van der Waals surface area contributed by atoms with E-state index in [1.807, 2.05) is 0 Å². The summed E-state index contributed by atoms with van der Waals surface area (Å²) in [6, 6.07) is 0. The Hall–Kier alpha value is 0. The van der Waals surface area contributed by atoms with Crippen LogP contribution in [0.5, 0.6) is 0 Å². The third-order valence-corrected chi connectivity index (χ3v) is 2.00. The SMILES string of the molecule is CC(C)(C)CCC1CC1. The number of rotatable bonds is 2. The monoisotopic (exact) mass is 126 g/mol. The highest BCUT2D eigenvalue weighted by Crippen LogP contribution is 2.36. The second-order valence-electron chi connectivity index (χ2n) is 4.54. The molecule has 0 radical (unpaired) electrons. The van der Waals surface area contributed by atoms with Crippen LogP contribution in [0, 0.1) is 11.3 Å². The first kappa shape index (κ1) is 7.11. The van der Waals surface area contributed by atoms with Crippen LogP contribution in [0.15, 0.2) is 0 Å². The van der Waals surface area contributed by atoms with E-state index in [2.05, 4.69) is 20.8 Å². The molecule has 1 saturated carbocycles. The van der Waals surface area contributed by atoms with Crippen molar-refractivity contribution in [3.8, 4) is 0 Å². The summed E-state index contributed by atoms with van der Waals surface area (Å²) in [5, 5.41) is 0. The Morgan fingerprint density at radius 3 is 2.11 bits per heavy atom. The number of hydrogen-bond donors (Lipinski definition) is 0. The quantitative estimate of drug-likeness (QED) is 0.533. The zero-order chi connectivity index (χ0) is 6.91. The molecule has 0 aromatic heterocycles. The summed E-state index contributed by atoms with van der Waals surface area (Å²) in [5.41, 5.74) is 0.572. The molecule has 1 fully saturated rings. The lowest BCUT2D eigenvalue weighted by Gasteiger charge is -2.16. The van der Waals surface area contributed by atoms with Crippen LogP contribution in [0.1, 0.15) is 46.5 Å². The molecule has 0 saturated heterocycles. The highest BCUT2D eigenvalue weighted by molar-refractivity contribution is 4.75. The van der Waals surface area contributed by atoms with Crippen molar-refractivity contribution in [1.29, 1.82) is 0 Å². The first-order valence-electron chi connectivity index (χ1n) is 4.08. The third-order valence-electron chi connectivity index (χ3n) is 2.00. The van der Waals surface area contributed by atoms with E-state index in [1.165, 1.54) is 25.7 Å². The smallest absolute Gasteiger partial charge is 0.0383 e. The molecule has 0 atom stereocenters. The van der Waals surface area contributed by atoms with E-state index in [-0.39, 0.29) is 0 Å². The minimum Gasteiger partial charge on any atom is -0.0602 e. The van der Waals surface area contributed by atoms with Crippen molar-refractivity contribution in [1.82, 2.24) is 0 Å². The molecule has 1 aliphatic rings. The van der Waals surface area contributed by atoms with Gasteiger partial charge in [0.05, 0.1) is 0 Å². The molecule has 0 aliphatic heterocycles. The van der Waals surface area contributed by atoms with Gasteiger partial charge < -0.3 is 0 Å². The highest BCUT2D eigenvalue weighted by Gasteiger charge is 2.23. The van der Waals surface area contributed by atoms with Gasteiger partial charge in [-0.15, -0.1) is 0 Å². The summed E-state index contributed by atoms with van der Waals surface area (Å²) in [6.45, 7) is 6.99. The molecule has 0 nitrogen and oxygen atoms in total. The average molecular weight is 126 g/mol. The molecule has 0 aromatic rings. The van der Waals surface area contributed by atoms with Crippen LogP contribution < -0.4 is 0 Å². The molecule has 0 aromatic carbocycles. The zero-order valence-electron chi connectivity index (χ0n) is 6.91. The minimum absolute atomic E-state index is 0.572. The fourth-order valence-electron chi connectivity index (χ4n) is 1.04. The Bertz CT molecular complexity index is 82.7. The first-order chi connectivity index (χ1) is 4.08. The maximum absolute atomic E-state index is 2.33. The molecular formula is C9H18. The molecule has 9 heavy (non-hydrogen) atoms. The van der Waals surface area contributed by atoms with Crippen molar-refractivity contribution in [3.05, 3.63) is 0 Å². The second-order valence-corrected chi connectivity index (χ2v) is 4.54. The van der Waals surface area contributed by atoms with Gasteiger partial charge in [-0.05, 0) is 24.2 Å². The van der Waals surface area contributed by atoms with E-state index >= 15 is 0 Å². The lowest BCUT2D eigenvalue weighted by atomic mass is 9.89. The van der Waals surface area contributed by atoms with Crippen molar-refractivity contribution in [2.75, 3.05) is 0 Å².